The molecule has 0 N–H and O–H groups in total. The zero-order valence-corrected chi connectivity index (χ0v) is 12.3. The standard InChI is InChI=1S/C16H21FOS/c1-2-3-4-5-6-7-8-9-10-11-15-14(12-18)13-19-16(15)17/h12-13H,2-9H2,1H3. The summed E-state index contributed by atoms with van der Waals surface area (Å²) >= 11 is 0.935. The Labute approximate surface area is 119 Å². The molecule has 0 saturated heterocycles. The Balaban J connectivity index is 2.21. The summed E-state index contributed by atoms with van der Waals surface area (Å²) < 4.78 is 13.3. The van der Waals surface area contributed by atoms with Gasteiger partial charge in [-0.2, -0.15) is 4.39 Å². The Morgan fingerprint density at radius 1 is 1.21 bits per heavy atom. The minimum Gasteiger partial charge on any atom is -0.298 e. The van der Waals surface area contributed by atoms with E-state index < -0.39 is 0 Å². The van der Waals surface area contributed by atoms with Crippen LogP contribution in [0, 0.1) is 17.0 Å². The van der Waals surface area contributed by atoms with Gasteiger partial charge in [0.2, 0.25) is 0 Å². The summed E-state index contributed by atoms with van der Waals surface area (Å²) in [7, 11) is 0. The van der Waals surface area contributed by atoms with Crippen molar-refractivity contribution in [1.29, 1.82) is 0 Å². The zero-order chi connectivity index (χ0) is 13.9. The Bertz CT molecular complexity index is 439. The fraction of sp³-hybridized carbons (Fsp3) is 0.562. The molecule has 0 aliphatic heterocycles. The third-order valence-electron chi connectivity index (χ3n) is 3.02. The molecule has 0 spiro atoms. The summed E-state index contributed by atoms with van der Waals surface area (Å²) in [5.74, 6) is 5.74. The highest BCUT2D eigenvalue weighted by atomic mass is 32.1. The van der Waals surface area contributed by atoms with Crippen molar-refractivity contribution in [2.75, 3.05) is 0 Å². The quantitative estimate of drug-likeness (QED) is 0.364. The van der Waals surface area contributed by atoms with Gasteiger partial charge < -0.3 is 0 Å². The molecule has 0 aliphatic carbocycles. The van der Waals surface area contributed by atoms with Gasteiger partial charge in [-0.3, -0.25) is 4.79 Å². The maximum Gasteiger partial charge on any atom is 0.192 e. The number of hydrogen-bond donors (Lipinski definition) is 0. The highest BCUT2D eigenvalue weighted by molar-refractivity contribution is 7.08. The molecule has 0 radical (unpaired) electrons. The largest absolute Gasteiger partial charge is 0.298 e. The van der Waals surface area contributed by atoms with E-state index in [0.29, 0.717) is 11.8 Å². The molecule has 1 aromatic rings. The summed E-state index contributed by atoms with van der Waals surface area (Å²) in [5.41, 5.74) is 0.637. The van der Waals surface area contributed by atoms with Crippen LogP contribution in [0.15, 0.2) is 5.38 Å². The van der Waals surface area contributed by atoms with Crippen molar-refractivity contribution in [3.8, 4) is 11.8 Å². The third-order valence-corrected chi connectivity index (χ3v) is 3.80. The van der Waals surface area contributed by atoms with Crippen LogP contribution in [0.1, 0.15) is 74.2 Å². The molecule has 0 aliphatic rings. The molecule has 0 aromatic carbocycles. The molecule has 104 valence electrons. The van der Waals surface area contributed by atoms with Crippen LogP contribution in [0.4, 0.5) is 4.39 Å². The summed E-state index contributed by atoms with van der Waals surface area (Å²) in [5, 5.41) is 1.16. The predicted molar refractivity (Wildman–Crippen MR) is 79.2 cm³/mol. The zero-order valence-electron chi connectivity index (χ0n) is 11.5. The fourth-order valence-electron chi connectivity index (χ4n) is 1.88. The van der Waals surface area contributed by atoms with Crippen LogP contribution in [0.5, 0.6) is 0 Å². The predicted octanol–water partition coefficient (Wildman–Crippen LogP) is 5.19. The molecule has 0 fully saturated rings. The summed E-state index contributed by atoms with van der Waals surface area (Å²) in [6, 6.07) is 0. The minimum absolute atomic E-state index is 0.267. The average Bonchev–Trinajstić information content (AvgIpc) is 2.77. The van der Waals surface area contributed by atoms with Gasteiger partial charge in [0.25, 0.3) is 0 Å². The van der Waals surface area contributed by atoms with Crippen LogP contribution in [-0.4, -0.2) is 6.29 Å². The summed E-state index contributed by atoms with van der Waals surface area (Å²) in [4.78, 5) is 10.7. The van der Waals surface area contributed by atoms with E-state index in [1.165, 1.54) is 43.9 Å². The molecule has 0 unspecified atom stereocenters. The number of carbonyl (C=O) groups is 1. The molecule has 0 saturated carbocycles. The number of thiophene rings is 1. The van der Waals surface area contributed by atoms with Crippen LogP contribution in [-0.2, 0) is 0 Å². The second kappa shape index (κ2) is 9.75. The number of unbranched alkanes of at least 4 members (excludes halogenated alkanes) is 7. The van der Waals surface area contributed by atoms with Crippen LogP contribution in [0.2, 0.25) is 0 Å². The number of halogens is 1. The second-order valence-corrected chi connectivity index (χ2v) is 5.46. The highest BCUT2D eigenvalue weighted by Gasteiger charge is 2.07. The Kier molecular flexibility index (Phi) is 8.16. The number of aldehydes is 1. The van der Waals surface area contributed by atoms with Crippen molar-refractivity contribution in [2.24, 2.45) is 0 Å². The first-order chi connectivity index (χ1) is 9.29. The topological polar surface area (TPSA) is 17.1 Å². The van der Waals surface area contributed by atoms with E-state index in [1.54, 1.807) is 0 Å². The van der Waals surface area contributed by atoms with Crippen molar-refractivity contribution in [3.05, 3.63) is 21.6 Å². The first-order valence-electron chi connectivity index (χ1n) is 7.00. The normalized spacial score (nSPS) is 10.0. The van der Waals surface area contributed by atoms with Gasteiger partial charge in [-0.15, -0.1) is 11.3 Å². The first-order valence-corrected chi connectivity index (χ1v) is 7.88. The van der Waals surface area contributed by atoms with Crippen molar-refractivity contribution in [1.82, 2.24) is 0 Å². The van der Waals surface area contributed by atoms with E-state index in [-0.39, 0.29) is 10.7 Å². The van der Waals surface area contributed by atoms with Gasteiger partial charge in [0.1, 0.15) is 0 Å². The van der Waals surface area contributed by atoms with E-state index in [9.17, 15) is 9.18 Å². The molecular formula is C16H21FOS. The molecule has 19 heavy (non-hydrogen) atoms. The van der Waals surface area contributed by atoms with Crippen LogP contribution < -0.4 is 0 Å². The van der Waals surface area contributed by atoms with E-state index >= 15 is 0 Å². The molecule has 3 heteroatoms. The molecule has 0 bridgehead atoms. The Morgan fingerprint density at radius 2 is 1.89 bits per heavy atom. The van der Waals surface area contributed by atoms with Crippen molar-refractivity contribution in [3.63, 3.8) is 0 Å². The monoisotopic (exact) mass is 280 g/mol. The van der Waals surface area contributed by atoms with E-state index in [4.69, 9.17) is 0 Å². The molecule has 0 atom stereocenters. The lowest BCUT2D eigenvalue weighted by Crippen LogP contribution is -1.83. The number of rotatable bonds is 8. The van der Waals surface area contributed by atoms with E-state index in [0.717, 1.165) is 24.2 Å². The first kappa shape index (κ1) is 15.9. The highest BCUT2D eigenvalue weighted by Crippen LogP contribution is 2.18. The van der Waals surface area contributed by atoms with Crippen LogP contribution in [0.25, 0.3) is 0 Å². The average molecular weight is 280 g/mol. The lowest BCUT2D eigenvalue weighted by Gasteiger charge is -1.97. The fourth-order valence-corrected chi connectivity index (χ4v) is 2.57. The lowest BCUT2D eigenvalue weighted by molar-refractivity contribution is 0.112. The maximum atomic E-state index is 13.3. The maximum absolute atomic E-state index is 13.3. The molecule has 1 heterocycles. The van der Waals surface area contributed by atoms with Crippen molar-refractivity contribution in [2.45, 2.75) is 58.3 Å². The van der Waals surface area contributed by atoms with Gasteiger partial charge in [-0.05, 0) is 6.42 Å². The SMILES string of the molecule is CCCCCCCCCC#Cc1c(C=O)csc1F. The molecular weight excluding hydrogens is 259 g/mol. The number of hydrogen-bond acceptors (Lipinski definition) is 2. The van der Waals surface area contributed by atoms with Gasteiger partial charge in [0, 0.05) is 17.4 Å². The smallest absolute Gasteiger partial charge is 0.192 e. The van der Waals surface area contributed by atoms with Crippen LogP contribution >= 0.6 is 11.3 Å². The van der Waals surface area contributed by atoms with Gasteiger partial charge >= 0.3 is 0 Å². The summed E-state index contributed by atoms with van der Waals surface area (Å²) in [6.45, 7) is 2.22. The van der Waals surface area contributed by atoms with E-state index in [1.807, 2.05) is 0 Å². The van der Waals surface area contributed by atoms with Crippen LogP contribution in [0.3, 0.4) is 0 Å². The Hall–Kier alpha value is -1.14. The molecule has 1 nitrogen and oxygen atoms in total. The van der Waals surface area contributed by atoms with E-state index in [2.05, 4.69) is 18.8 Å². The van der Waals surface area contributed by atoms with Gasteiger partial charge in [-0.1, -0.05) is 57.3 Å². The van der Waals surface area contributed by atoms with Gasteiger partial charge in [-0.25, -0.2) is 0 Å². The lowest BCUT2D eigenvalue weighted by atomic mass is 10.1. The molecule has 1 aromatic heterocycles. The Morgan fingerprint density at radius 3 is 2.58 bits per heavy atom. The number of carbonyl (C=O) groups excluding carboxylic acids is 1. The third kappa shape index (κ3) is 6.02. The van der Waals surface area contributed by atoms with Gasteiger partial charge in [0.05, 0.1) is 5.56 Å². The van der Waals surface area contributed by atoms with Crippen molar-refractivity contribution >= 4 is 17.6 Å². The molecule has 1 rings (SSSR count). The minimum atomic E-state index is -0.353. The summed E-state index contributed by atoms with van der Waals surface area (Å²) in [6.07, 6.45) is 10.2. The van der Waals surface area contributed by atoms with Gasteiger partial charge in [0.15, 0.2) is 11.4 Å². The molecule has 0 amide bonds. The second-order valence-electron chi connectivity index (χ2n) is 4.63. The van der Waals surface area contributed by atoms with Crippen molar-refractivity contribution < 1.29 is 9.18 Å².